The van der Waals surface area contributed by atoms with E-state index >= 15 is 0 Å². The number of carbonyl (C=O) groups excluding carboxylic acids is 2. The number of halogens is 1. The fraction of sp³-hybridized carbons (Fsp3) is 0.176. The topological polar surface area (TPSA) is 49.4 Å². The highest BCUT2D eigenvalue weighted by Gasteiger charge is 2.33. The molecule has 1 heterocycles. The van der Waals surface area contributed by atoms with E-state index in [2.05, 4.69) is 21.2 Å². The van der Waals surface area contributed by atoms with Gasteiger partial charge in [0, 0.05) is 22.3 Å². The highest BCUT2D eigenvalue weighted by atomic mass is 79.9. The van der Waals surface area contributed by atoms with Gasteiger partial charge < -0.3 is 10.2 Å². The molecule has 0 radical (unpaired) electrons. The van der Waals surface area contributed by atoms with Crippen molar-refractivity contribution in [3.05, 3.63) is 64.6 Å². The van der Waals surface area contributed by atoms with Gasteiger partial charge in [-0.05, 0) is 42.8 Å². The first-order chi connectivity index (χ1) is 10.6. The van der Waals surface area contributed by atoms with E-state index in [-0.39, 0.29) is 11.8 Å². The maximum atomic E-state index is 12.4. The zero-order chi connectivity index (χ0) is 15.5. The lowest BCUT2D eigenvalue weighted by Crippen LogP contribution is -2.41. The summed E-state index contributed by atoms with van der Waals surface area (Å²) >= 11 is 3.33. The van der Waals surface area contributed by atoms with Crippen LogP contribution in [-0.2, 0) is 4.79 Å². The van der Waals surface area contributed by atoms with Crippen molar-refractivity contribution in [3.63, 3.8) is 0 Å². The molecular weight excluding hydrogens is 344 g/mol. The molecule has 2 amide bonds. The summed E-state index contributed by atoms with van der Waals surface area (Å²) in [5, 5.41) is 2.82. The number of nitrogens with zero attached hydrogens (tertiary/aromatic N) is 1. The van der Waals surface area contributed by atoms with Gasteiger partial charge in [0.15, 0.2) is 0 Å². The normalized spacial score (nSPS) is 17.6. The number of rotatable bonds is 3. The van der Waals surface area contributed by atoms with Crippen LogP contribution in [-0.4, -0.2) is 24.4 Å². The summed E-state index contributed by atoms with van der Waals surface area (Å²) in [7, 11) is 0. The largest absolute Gasteiger partial charge is 0.340 e. The Morgan fingerprint density at radius 2 is 1.77 bits per heavy atom. The van der Waals surface area contributed by atoms with E-state index in [1.54, 1.807) is 17.0 Å². The van der Waals surface area contributed by atoms with Crippen LogP contribution < -0.4 is 10.2 Å². The first-order valence-corrected chi connectivity index (χ1v) is 7.87. The van der Waals surface area contributed by atoms with Crippen LogP contribution in [0.25, 0.3) is 0 Å². The number of para-hydroxylation sites is 1. The summed E-state index contributed by atoms with van der Waals surface area (Å²) in [5.41, 5.74) is 1.42. The average molecular weight is 359 g/mol. The SMILES string of the molecule is O=C(NC1CCN(c2ccccc2)C1=O)c1ccc(Br)cc1. The zero-order valence-electron chi connectivity index (χ0n) is 11.8. The number of amides is 2. The highest BCUT2D eigenvalue weighted by Crippen LogP contribution is 2.21. The molecular formula is C17H15BrN2O2. The van der Waals surface area contributed by atoms with Gasteiger partial charge in [-0.1, -0.05) is 34.1 Å². The molecule has 5 heteroatoms. The average Bonchev–Trinajstić information content (AvgIpc) is 2.90. The van der Waals surface area contributed by atoms with E-state index in [1.807, 2.05) is 42.5 Å². The quantitative estimate of drug-likeness (QED) is 0.916. The Morgan fingerprint density at radius 3 is 2.45 bits per heavy atom. The molecule has 1 fully saturated rings. The molecule has 1 aliphatic heterocycles. The Kier molecular flexibility index (Phi) is 4.24. The lowest BCUT2D eigenvalue weighted by Gasteiger charge is -2.17. The summed E-state index contributed by atoms with van der Waals surface area (Å²) in [6.45, 7) is 0.619. The third-order valence-corrected chi connectivity index (χ3v) is 4.21. The van der Waals surface area contributed by atoms with E-state index in [9.17, 15) is 9.59 Å². The molecule has 1 N–H and O–H groups in total. The molecule has 112 valence electrons. The minimum Gasteiger partial charge on any atom is -0.340 e. The summed E-state index contributed by atoms with van der Waals surface area (Å²) in [5.74, 6) is -0.280. The van der Waals surface area contributed by atoms with Crippen molar-refractivity contribution in [2.45, 2.75) is 12.5 Å². The second-order valence-electron chi connectivity index (χ2n) is 5.15. The lowest BCUT2D eigenvalue weighted by atomic mass is 10.2. The van der Waals surface area contributed by atoms with Crippen molar-refractivity contribution in [2.24, 2.45) is 0 Å². The van der Waals surface area contributed by atoms with E-state index < -0.39 is 6.04 Å². The van der Waals surface area contributed by atoms with Crippen molar-refractivity contribution in [3.8, 4) is 0 Å². The van der Waals surface area contributed by atoms with E-state index in [1.165, 1.54) is 0 Å². The Morgan fingerprint density at radius 1 is 1.09 bits per heavy atom. The van der Waals surface area contributed by atoms with Crippen molar-refractivity contribution in [1.29, 1.82) is 0 Å². The maximum Gasteiger partial charge on any atom is 0.251 e. The predicted octanol–water partition coefficient (Wildman–Crippen LogP) is 2.98. The van der Waals surface area contributed by atoms with Crippen molar-refractivity contribution >= 4 is 33.4 Å². The standard InChI is InChI=1S/C17H15BrN2O2/c18-13-8-6-12(7-9-13)16(21)19-15-10-11-20(17(15)22)14-4-2-1-3-5-14/h1-9,15H,10-11H2,(H,19,21). The second-order valence-corrected chi connectivity index (χ2v) is 6.06. The van der Waals surface area contributed by atoms with Crippen LogP contribution in [0.15, 0.2) is 59.1 Å². The van der Waals surface area contributed by atoms with E-state index in [4.69, 9.17) is 0 Å². The fourth-order valence-electron chi connectivity index (χ4n) is 2.52. The number of anilines is 1. The summed E-state index contributed by atoms with van der Waals surface area (Å²) in [4.78, 5) is 26.3. The molecule has 1 unspecified atom stereocenters. The van der Waals surface area contributed by atoms with Gasteiger partial charge in [0.25, 0.3) is 5.91 Å². The molecule has 2 aromatic carbocycles. The number of carbonyl (C=O) groups is 2. The second kappa shape index (κ2) is 6.32. The van der Waals surface area contributed by atoms with Gasteiger partial charge in [0.2, 0.25) is 5.91 Å². The molecule has 0 aromatic heterocycles. The van der Waals surface area contributed by atoms with Crippen LogP contribution in [0.3, 0.4) is 0 Å². The van der Waals surface area contributed by atoms with Gasteiger partial charge in [-0.15, -0.1) is 0 Å². The van der Waals surface area contributed by atoms with Crippen LogP contribution in [0.2, 0.25) is 0 Å². The Balaban J connectivity index is 1.68. The van der Waals surface area contributed by atoms with Crippen LogP contribution in [0.5, 0.6) is 0 Å². The molecule has 1 atom stereocenters. The number of benzene rings is 2. The van der Waals surface area contributed by atoms with E-state index in [0.29, 0.717) is 18.5 Å². The van der Waals surface area contributed by atoms with E-state index in [0.717, 1.165) is 10.2 Å². The maximum absolute atomic E-state index is 12.4. The van der Waals surface area contributed by atoms with Crippen LogP contribution >= 0.6 is 15.9 Å². The van der Waals surface area contributed by atoms with Crippen LogP contribution in [0, 0.1) is 0 Å². The molecule has 0 saturated carbocycles. The summed E-state index contributed by atoms with van der Waals surface area (Å²) in [6, 6.07) is 16.1. The molecule has 2 aromatic rings. The molecule has 0 bridgehead atoms. The zero-order valence-corrected chi connectivity index (χ0v) is 13.4. The summed E-state index contributed by atoms with van der Waals surface area (Å²) < 4.78 is 0.913. The molecule has 22 heavy (non-hydrogen) atoms. The Labute approximate surface area is 137 Å². The van der Waals surface area contributed by atoms with Crippen LogP contribution in [0.1, 0.15) is 16.8 Å². The minimum atomic E-state index is -0.462. The highest BCUT2D eigenvalue weighted by molar-refractivity contribution is 9.10. The third-order valence-electron chi connectivity index (χ3n) is 3.69. The van der Waals surface area contributed by atoms with Gasteiger partial charge in [-0.3, -0.25) is 9.59 Å². The Bertz CT molecular complexity index is 686. The first-order valence-electron chi connectivity index (χ1n) is 7.08. The number of hydrogen-bond donors (Lipinski definition) is 1. The van der Waals surface area contributed by atoms with Crippen LogP contribution in [0.4, 0.5) is 5.69 Å². The predicted molar refractivity (Wildman–Crippen MR) is 88.8 cm³/mol. The van der Waals surface area contributed by atoms with Gasteiger partial charge >= 0.3 is 0 Å². The molecule has 1 saturated heterocycles. The van der Waals surface area contributed by atoms with Gasteiger partial charge in [0.05, 0.1) is 0 Å². The Hall–Kier alpha value is -2.14. The van der Waals surface area contributed by atoms with Crippen molar-refractivity contribution in [2.75, 3.05) is 11.4 Å². The smallest absolute Gasteiger partial charge is 0.251 e. The van der Waals surface area contributed by atoms with Gasteiger partial charge in [0.1, 0.15) is 6.04 Å². The summed E-state index contributed by atoms with van der Waals surface area (Å²) in [6.07, 6.45) is 0.621. The van der Waals surface area contributed by atoms with Crippen molar-refractivity contribution < 1.29 is 9.59 Å². The fourth-order valence-corrected chi connectivity index (χ4v) is 2.79. The lowest BCUT2D eigenvalue weighted by molar-refractivity contribution is -0.118. The molecule has 1 aliphatic rings. The number of hydrogen-bond acceptors (Lipinski definition) is 2. The first kappa shape index (κ1) is 14.8. The van der Waals surface area contributed by atoms with Gasteiger partial charge in [-0.25, -0.2) is 0 Å². The monoisotopic (exact) mass is 358 g/mol. The van der Waals surface area contributed by atoms with Crippen molar-refractivity contribution in [1.82, 2.24) is 5.32 Å². The molecule has 0 spiro atoms. The van der Waals surface area contributed by atoms with Gasteiger partial charge in [-0.2, -0.15) is 0 Å². The minimum absolute atomic E-state index is 0.0586. The molecule has 3 rings (SSSR count). The molecule has 0 aliphatic carbocycles. The number of nitrogens with one attached hydrogen (secondary N) is 1. The molecule has 4 nitrogen and oxygen atoms in total. The third kappa shape index (κ3) is 3.04.